The third kappa shape index (κ3) is 3.33. The summed E-state index contributed by atoms with van der Waals surface area (Å²) in [4.78, 5) is 4.24. The van der Waals surface area contributed by atoms with Crippen LogP contribution in [0.2, 0.25) is 0 Å². The third-order valence-electron chi connectivity index (χ3n) is 2.48. The second-order valence-electron chi connectivity index (χ2n) is 4.05. The normalized spacial score (nSPS) is 10.8. The number of aromatic nitrogens is 3. The minimum absolute atomic E-state index is 0.324. The van der Waals surface area contributed by atoms with Crippen LogP contribution >= 0.6 is 0 Å². The van der Waals surface area contributed by atoms with Crippen LogP contribution in [0.25, 0.3) is 0 Å². The van der Waals surface area contributed by atoms with Gasteiger partial charge in [0.05, 0.1) is 0 Å². The van der Waals surface area contributed by atoms with Gasteiger partial charge in [0.1, 0.15) is 17.5 Å². The molecule has 0 spiro atoms. The van der Waals surface area contributed by atoms with Gasteiger partial charge in [-0.1, -0.05) is 0 Å². The summed E-state index contributed by atoms with van der Waals surface area (Å²) in [6.07, 6.45) is 1.83. The first-order valence-corrected chi connectivity index (χ1v) is 5.72. The minimum Gasteiger partial charge on any atom is -0.330 e. The number of hydrogen-bond acceptors (Lipinski definition) is 3. The summed E-state index contributed by atoms with van der Waals surface area (Å²) < 4.78 is 26.0. The molecule has 2 rings (SSSR count). The fraction of sp³-hybridized carbons (Fsp3) is 0.333. The molecule has 0 aliphatic heterocycles. The minimum atomic E-state index is -0.590. The lowest BCUT2D eigenvalue weighted by atomic mass is 10.1. The quantitative estimate of drug-likeness (QED) is 0.848. The molecule has 0 aliphatic carbocycles. The van der Waals surface area contributed by atoms with Gasteiger partial charge in [-0.25, -0.2) is 13.8 Å². The number of nitrogens with zero attached hydrogens (tertiary/aromatic N) is 2. The topological polar surface area (TPSA) is 67.6 Å². The van der Waals surface area contributed by atoms with Crippen LogP contribution in [0.4, 0.5) is 8.78 Å². The fourth-order valence-electron chi connectivity index (χ4n) is 1.69. The zero-order valence-electron chi connectivity index (χ0n) is 9.79. The molecule has 4 nitrogen and oxygen atoms in total. The number of halogens is 2. The summed E-state index contributed by atoms with van der Waals surface area (Å²) >= 11 is 0. The van der Waals surface area contributed by atoms with Crippen molar-refractivity contribution in [3.05, 3.63) is 47.0 Å². The van der Waals surface area contributed by atoms with Crippen molar-refractivity contribution in [1.82, 2.24) is 15.2 Å². The lowest BCUT2D eigenvalue weighted by Crippen LogP contribution is -2.01. The van der Waals surface area contributed by atoms with E-state index in [4.69, 9.17) is 5.73 Å². The summed E-state index contributed by atoms with van der Waals surface area (Å²) in [6.45, 7) is 0.582. The van der Waals surface area contributed by atoms with E-state index in [0.29, 0.717) is 36.6 Å². The van der Waals surface area contributed by atoms with E-state index in [9.17, 15) is 8.78 Å². The number of aromatic amines is 1. The van der Waals surface area contributed by atoms with E-state index in [2.05, 4.69) is 15.2 Å². The molecule has 1 aromatic heterocycles. The smallest absolute Gasteiger partial charge is 0.150 e. The second kappa shape index (κ2) is 5.68. The van der Waals surface area contributed by atoms with Crippen LogP contribution in [0.3, 0.4) is 0 Å². The van der Waals surface area contributed by atoms with Crippen molar-refractivity contribution in [3.8, 4) is 0 Å². The second-order valence-corrected chi connectivity index (χ2v) is 4.05. The lowest BCUT2D eigenvalue weighted by molar-refractivity contribution is 0.580. The summed E-state index contributed by atoms with van der Waals surface area (Å²) in [5.74, 6) is 0.0834. The van der Waals surface area contributed by atoms with Crippen molar-refractivity contribution in [2.75, 3.05) is 6.54 Å². The Hall–Kier alpha value is -1.82. The first-order valence-electron chi connectivity index (χ1n) is 5.72. The molecule has 18 heavy (non-hydrogen) atoms. The van der Waals surface area contributed by atoms with Crippen molar-refractivity contribution in [2.24, 2.45) is 5.73 Å². The molecule has 0 atom stereocenters. The molecule has 0 bridgehead atoms. The number of nitrogens with one attached hydrogen (secondary N) is 1. The maximum absolute atomic E-state index is 13.0. The largest absolute Gasteiger partial charge is 0.330 e. The highest BCUT2D eigenvalue weighted by molar-refractivity contribution is 5.21. The molecular formula is C12H14F2N4. The molecular weight excluding hydrogens is 238 g/mol. The van der Waals surface area contributed by atoms with Crippen molar-refractivity contribution >= 4 is 0 Å². The molecule has 0 aliphatic rings. The average Bonchev–Trinajstić information content (AvgIpc) is 2.72. The maximum Gasteiger partial charge on any atom is 0.150 e. The van der Waals surface area contributed by atoms with Gasteiger partial charge in [-0.2, -0.15) is 5.10 Å². The Morgan fingerprint density at radius 2 is 1.89 bits per heavy atom. The van der Waals surface area contributed by atoms with E-state index in [1.165, 1.54) is 12.1 Å². The fourth-order valence-corrected chi connectivity index (χ4v) is 1.69. The number of nitrogens with two attached hydrogens (primary N) is 1. The number of H-pyrrole nitrogens is 1. The lowest BCUT2D eigenvalue weighted by Gasteiger charge is -1.98. The Kier molecular flexibility index (Phi) is 3.99. The Morgan fingerprint density at radius 1 is 1.17 bits per heavy atom. The molecule has 1 aromatic carbocycles. The van der Waals surface area contributed by atoms with Crippen LogP contribution in [-0.4, -0.2) is 21.7 Å². The summed E-state index contributed by atoms with van der Waals surface area (Å²) in [7, 11) is 0. The molecule has 1 heterocycles. The zero-order valence-corrected chi connectivity index (χ0v) is 9.79. The molecule has 3 N–H and O–H groups in total. The van der Waals surface area contributed by atoms with Crippen molar-refractivity contribution in [3.63, 3.8) is 0 Å². The van der Waals surface area contributed by atoms with E-state index in [1.807, 2.05) is 0 Å². The predicted molar refractivity (Wildman–Crippen MR) is 62.9 cm³/mol. The molecule has 96 valence electrons. The highest BCUT2D eigenvalue weighted by Gasteiger charge is 2.06. The predicted octanol–water partition coefficient (Wildman–Crippen LogP) is 1.57. The van der Waals surface area contributed by atoms with E-state index in [1.54, 1.807) is 0 Å². The molecule has 0 amide bonds. The van der Waals surface area contributed by atoms with Crippen LogP contribution < -0.4 is 5.73 Å². The van der Waals surface area contributed by atoms with Crippen LogP contribution in [0.1, 0.15) is 23.6 Å². The molecule has 0 saturated heterocycles. The summed E-state index contributed by atoms with van der Waals surface area (Å²) in [5, 5.41) is 6.77. The standard InChI is InChI=1S/C12H14F2N4/c13-9-4-8(5-10(14)7-9)6-12-16-11(17-18-12)2-1-3-15/h4-5,7H,1-3,6,15H2,(H,16,17,18). The van der Waals surface area contributed by atoms with Gasteiger partial charge in [0, 0.05) is 18.9 Å². The van der Waals surface area contributed by atoms with Crippen molar-refractivity contribution in [1.29, 1.82) is 0 Å². The summed E-state index contributed by atoms with van der Waals surface area (Å²) in [5.41, 5.74) is 5.91. The van der Waals surface area contributed by atoms with Gasteiger partial charge in [0.25, 0.3) is 0 Å². The molecule has 6 heteroatoms. The van der Waals surface area contributed by atoms with Crippen molar-refractivity contribution in [2.45, 2.75) is 19.3 Å². The zero-order chi connectivity index (χ0) is 13.0. The van der Waals surface area contributed by atoms with Gasteiger partial charge >= 0.3 is 0 Å². The van der Waals surface area contributed by atoms with Gasteiger partial charge in [0.2, 0.25) is 0 Å². The van der Waals surface area contributed by atoms with Gasteiger partial charge in [-0.15, -0.1) is 0 Å². The number of rotatable bonds is 5. The van der Waals surface area contributed by atoms with Crippen LogP contribution in [0.5, 0.6) is 0 Å². The highest BCUT2D eigenvalue weighted by Crippen LogP contribution is 2.11. The van der Waals surface area contributed by atoms with Crippen molar-refractivity contribution < 1.29 is 8.78 Å². The third-order valence-corrected chi connectivity index (χ3v) is 2.48. The van der Waals surface area contributed by atoms with Crippen LogP contribution in [0, 0.1) is 11.6 Å². The molecule has 2 aromatic rings. The first-order chi connectivity index (χ1) is 8.67. The van der Waals surface area contributed by atoms with Gasteiger partial charge in [0.15, 0.2) is 5.82 Å². The number of hydrogen-bond donors (Lipinski definition) is 2. The van der Waals surface area contributed by atoms with E-state index < -0.39 is 11.6 Å². The Bertz CT molecular complexity index is 504. The van der Waals surface area contributed by atoms with E-state index >= 15 is 0 Å². The van der Waals surface area contributed by atoms with E-state index in [0.717, 1.165) is 12.5 Å². The Morgan fingerprint density at radius 3 is 2.56 bits per heavy atom. The Labute approximate surface area is 103 Å². The highest BCUT2D eigenvalue weighted by atomic mass is 19.1. The maximum atomic E-state index is 13.0. The SMILES string of the molecule is NCCCc1n[nH]c(Cc2cc(F)cc(F)c2)n1. The average molecular weight is 252 g/mol. The number of aryl methyl sites for hydroxylation is 1. The van der Waals surface area contributed by atoms with Gasteiger partial charge in [-0.05, 0) is 30.7 Å². The first kappa shape index (κ1) is 12.6. The summed E-state index contributed by atoms with van der Waals surface area (Å²) in [6, 6.07) is 3.41. The molecule has 0 unspecified atom stereocenters. The molecule has 0 radical (unpaired) electrons. The number of benzene rings is 1. The van der Waals surface area contributed by atoms with Crippen LogP contribution in [0.15, 0.2) is 18.2 Å². The molecule has 0 fully saturated rings. The van der Waals surface area contributed by atoms with Gasteiger partial charge in [-0.3, -0.25) is 5.10 Å². The molecule has 0 saturated carbocycles. The monoisotopic (exact) mass is 252 g/mol. The Balaban J connectivity index is 2.06. The van der Waals surface area contributed by atoms with E-state index in [-0.39, 0.29) is 0 Å². The van der Waals surface area contributed by atoms with Crippen LogP contribution in [-0.2, 0) is 12.8 Å². The van der Waals surface area contributed by atoms with Gasteiger partial charge < -0.3 is 5.73 Å².